The van der Waals surface area contributed by atoms with Crippen LogP contribution >= 0.6 is 0 Å². The summed E-state index contributed by atoms with van der Waals surface area (Å²) in [6, 6.07) is 14.5. The number of carbonyl (C=O) groups excluding carboxylic acids is 5. The van der Waals surface area contributed by atoms with E-state index < -0.39 is 54.5 Å². The Kier molecular flexibility index (Phi) is 13.0. The second kappa shape index (κ2) is 16.9. The zero-order valence-electron chi connectivity index (χ0n) is 24.4. The Hall–Kier alpha value is -4.45. The largest absolute Gasteiger partial charge is 0.445 e. The van der Waals surface area contributed by atoms with Gasteiger partial charge in [0, 0.05) is 13.1 Å². The maximum absolute atomic E-state index is 13.5. The third-order valence-corrected chi connectivity index (χ3v) is 7.15. The molecule has 1 fully saturated rings. The molecular formula is C31H41N5O7. The third kappa shape index (κ3) is 10.4. The number of rotatable bonds is 15. The molecule has 1 aliphatic heterocycles. The fourth-order valence-electron chi connectivity index (χ4n) is 4.86. The molecule has 0 bridgehead atoms. The van der Waals surface area contributed by atoms with Gasteiger partial charge in [0.2, 0.25) is 17.7 Å². The molecule has 1 saturated heterocycles. The van der Waals surface area contributed by atoms with Crippen LogP contribution in [-0.4, -0.2) is 77.0 Å². The van der Waals surface area contributed by atoms with Crippen molar-refractivity contribution >= 4 is 29.7 Å². The summed E-state index contributed by atoms with van der Waals surface area (Å²) in [5, 5.41) is 19.1. The first-order chi connectivity index (χ1) is 20.7. The Balaban J connectivity index is 1.74. The predicted molar refractivity (Wildman–Crippen MR) is 158 cm³/mol. The molecule has 2 aromatic rings. The van der Waals surface area contributed by atoms with E-state index >= 15 is 0 Å². The van der Waals surface area contributed by atoms with Crippen LogP contribution in [0.15, 0.2) is 60.7 Å². The lowest BCUT2D eigenvalue weighted by atomic mass is 9.99. The molecule has 4 atom stereocenters. The Morgan fingerprint density at radius 3 is 2.28 bits per heavy atom. The van der Waals surface area contributed by atoms with E-state index in [0.29, 0.717) is 19.4 Å². The van der Waals surface area contributed by atoms with Gasteiger partial charge in [-0.15, -0.1) is 0 Å². The van der Waals surface area contributed by atoms with Crippen LogP contribution in [0.25, 0.3) is 0 Å². The number of hydrogen-bond donors (Lipinski definition) is 5. The number of carbonyl (C=O) groups is 5. The Morgan fingerprint density at radius 1 is 1.00 bits per heavy atom. The van der Waals surface area contributed by atoms with Gasteiger partial charge in [0.1, 0.15) is 18.7 Å². The normalized spacial score (nSPS) is 16.4. The van der Waals surface area contributed by atoms with Gasteiger partial charge >= 0.3 is 6.09 Å². The number of benzene rings is 2. The van der Waals surface area contributed by atoms with E-state index in [1.807, 2.05) is 13.0 Å². The van der Waals surface area contributed by atoms with Crippen molar-refractivity contribution in [1.29, 1.82) is 0 Å². The molecule has 12 nitrogen and oxygen atoms in total. The minimum absolute atomic E-state index is 0.0580. The van der Waals surface area contributed by atoms with Crippen molar-refractivity contribution in [3.8, 4) is 0 Å². The number of aliphatic hydroxyl groups is 1. The average molecular weight is 596 g/mol. The van der Waals surface area contributed by atoms with E-state index in [4.69, 9.17) is 10.5 Å². The highest BCUT2D eigenvalue weighted by molar-refractivity contribution is 5.92. The van der Waals surface area contributed by atoms with Gasteiger partial charge in [-0.05, 0) is 36.8 Å². The minimum atomic E-state index is -1.72. The molecule has 0 radical (unpaired) electrons. The van der Waals surface area contributed by atoms with Gasteiger partial charge in [-0.3, -0.25) is 19.2 Å². The van der Waals surface area contributed by atoms with E-state index in [9.17, 15) is 29.1 Å². The summed E-state index contributed by atoms with van der Waals surface area (Å²) in [6.07, 6.45) is -0.382. The molecule has 6 N–H and O–H groups in total. The van der Waals surface area contributed by atoms with Gasteiger partial charge in [0.25, 0.3) is 5.91 Å². The number of unbranched alkanes of at least 4 members (excludes halogenated alkanes) is 1. The molecule has 0 spiro atoms. The first-order valence-corrected chi connectivity index (χ1v) is 14.6. The van der Waals surface area contributed by atoms with Crippen LogP contribution in [0.5, 0.6) is 0 Å². The van der Waals surface area contributed by atoms with E-state index in [0.717, 1.165) is 24.0 Å². The van der Waals surface area contributed by atoms with Crippen molar-refractivity contribution in [2.24, 2.45) is 5.73 Å². The molecule has 5 amide bonds. The molecule has 3 rings (SSSR count). The number of alkyl carbamates (subject to hydrolysis) is 1. The summed E-state index contributed by atoms with van der Waals surface area (Å²) < 4.78 is 5.18. The second-order valence-corrected chi connectivity index (χ2v) is 10.5. The number of hydrogen-bond acceptors (Lipinski definition) is 7. The van der Waals surface area contributed by atoms with Gasteiger partial charge in [-0.1, -0.05) is 74.0 Å². The fraction of sp³-hybridized carbons (Fsp3) is 0.452. The molecular weight excluding hydrogens is 554 g/mol. The van der Waals surface area contributed by atoms with Crippen LogP contribution in [0.1, 0.15) is 50.2 Å². The van der Waals surface area contributed by atoms with Crippen LogP contribution in [0.4, 0.5) is 4.79 Å². The SMILES string of the molecule is CCCCNC(=O)[C@@H]1CCCN1C(=O)[C@@H](O)[C@H](Cc1ccccc1)NC(=O)[C@H](CC(N)=O)NC(=O)OCc1ccccc1. The number of nitrogens with zero attached hydrogens (tertiary/aromatic N) is 1. The third-order valence-electron chi connectivity index (χ3n) is 7.15. The van der Waals surface area contributed by atoms with E-state index in [2.05, 4.69) is 16.0 Å². The fourth-order valence-corrected chi connectivity index (χ4v) is 4.86. The molecule has 1 heterocycles. The van der Waals surface area contributed by atoms with Gasteiger partial charge in [0.05, 0.1) is 12.5 Å². The summed E-state index contributed by atoms with van der Waals surface area (Å²) in [4.78, 5) is 65.3. The van der Waals surface area contributed by atoms with Gasteiger partial charge < -0.3 is 36.4 Å². The van der Waals surface area contributed by atoms with Gasteiger partial charge in [-0.2, -0.15) is 0 Å². The maximum atomic E-state index is 13.5. The highest BCUT2D eigenvalue weighted by Crippen LogP contribution is 2.20. The Morgan fingerprint density at radius 2 is 1.65 bits per heavy atom. The van der Waals surface area contributed by atoms with Crippen molar-refractivity contribution in [2.75, 3.05) is 13.1 Å². The topological polar surface area (TPSA) is 180 Å². The quantitative estimate of drug-likeness (QED) is 0.192. The number of ether oxygens (including phenoxy) is 1. The minimum Gasteiger partial charge on any atom is -0.445 e. The monoisotopic (exact) mass is 595 g/mol. The number of nitrogens with two attached hydrogens (primary N) is 1. The van der Waals surface area contributed by atoms with Crippen molar-refractivity contribution in [3.63, 3.8) is 0 Å². The second-order valence-electron chi connectivity index (χ2n) is 10.5. The maximum Gasteiger partial charge on any atom is 0.408 e. The number of aliphatic hydroxyl groups excluding tert-OH is 1. The van der Waals surface area contributed by atoms with E-state index in [-0.39, 0.29) is 25.5 Å². The molecule has 0 saturated carbocycles. The molecule has 232 valence electrons. The summed E-state index contributed by atoms with van der Waals surface area (Å²) in [5.74, 6) is -2.67. The van der Waals surface area contributed by atoms with Crippen molar-refractivity contribution in [3.05, 3.63) is 71.8 Å². The van der Waals surface area contributed by atoms with Crippen LogP contribution in [-0.2, 0) is 36.9 Å². The number of primary amides is 1. The zero-order valence-corrected chi connectivity index (χ0v) is 24.4. The average Bonchev–Trinajstić information content (AvgIpc) is 3.50. The van der Waals surface area contributed by atoms with Crippen LogP contribution in [0.2, 0.25) is 0 Å². The molecule has 1 aliphatic rings. The van der Waals surface area contributed by atoms with Crippen LogP contribution < -0.4 is 21.7 Å². The van der Waals surface area contributed by atoms with E-state index in [1.54, 1.807) is 54.6 Å². The number of amides is 5. The van der Waals surface area contributed by atoms with Crippen LogP contribution in [0, 0.1) is 0 Å². The van der Waals surface area contributed by atoms with Crippen molar-refractivity contribution in [2.45, 2.75) is 76.3 Å². The molecule has 43 heavy (non-hydrogen) atoms. The standard InChI is InChI=1S/C31H41N5O7/c1-2-3-16-33-29(40)25-15-10-17-36(25)30(41)27(38)23(18-21-11-6-4-7-12-21)34-28(39)24(19-26(32)37)35-31(42)43-20-22-13-8-5-9-14-22/h4-9,11-14,23-25,27,38H,2-3,10,15-20H2,1H3,(H2,32,37)(H,33,40)(H,34,39)(H,35,42)/t23-,24-,25-,27-/m0/s1. The predicted octanol–water partition coefficient (Wildman–Crippen LogP) is 1.15. The molecule has 2 aromatic carbocycles. The van der Waals surface area contributed by atoms with E-state index in [1.165, 1.54) is 4.90 Å². The first-order valence-electron chi connectivity index (χ1n) is 14.6. The van der Waals surface area contributed by atoms with Gasteiger partial charge in [0.15, 0.2) is 6.10 Å². The van der Waals surface area contributed by atoms with Gasteiger partial charge in [-0.25, -0.2) is 4.79 Å². The van der Waals surface area contributed by atoms with Crippen LogP contribution in [0.3, 0.4) is 0 Å². The molecule has 0 aromatic heterocycles. The van der Waals surface area contributed by atoms with Crippen molar-refractivity contribution in [1.82, 2.24) is 20.9 Å². The zero-order chi connectivity index (χ0) is 31.2. The highest BCUT2D eigenvalue weighted by atomic mass is 16.5. The summed E-state index contributed by atoms with van der Waals surface area (Å²) in [6.45, 7) is 2.72. The smallest absolute Gasteiger partial charge is 0.408 e. The Bertz CT molecular complexity index is 1230. The molecule has 0 aliphatic carbocycles. The lowest BCUT2D eigenvalue weighted by Gasteiger charge is -2.31. The summed E-state index contributed by atoms with van der Waals surface area (Å²) in [5.41, 5.74) is 6.78. The molecule has 12 heteroatoms. The Labute approximate surface area is 251 Å². The summed E-state index contributed by atoms with van der Waals surface area (Å²) >= 11 is 0. The molecule has 0 unspecified atom stereocenters. The summed E-state index contributed by atoms with van der Waals surface area (Å²) in [7, 11) is 0. The lowest BCUT2D eigenvalue weighted by molar-refractivity contribution is -0.147. The highest BCUT2D eigenvalue weighted by Gasteiger charge is 2.40. The number of likely N-dealkylation sites (tertiary alicyclic amines) is 1. The first kappa shape index (κ1) is 33.1. The number of nitrogens with one attached hydrogen (secondary N) is 3. The van der Waals surface area contributed by atoms with Crippen molar-refractivity contribution < 1.29 is 33.8 Å². The lowest BCUT2D eigenvalue weighted by Crippen LogP contribution is -2.58.